The lowest BCUT2D eigenvalue weighted by Crippen LogP contribution is -2.35. The van der Waals surface area contributed by atoms with Crippen LogP contribution in [0.2, 0.25) is 0 Å². The fraction of sp³-hybridized carbons (Fsp3) is 0.250. The highest BCUT2D eigenvalue weighted by molar-refractivity contribution is 5.95. The van der Waals surface area contributed by atoms with Crippen molar-refractivity contribution in [1.29, 1.82) is 0 Å². The van der Waals surface area contributed by atoms with Crippen LogP contribution in [0.1, 0.15) is 25.7 Å². The van der Waals surface area contributed by atoms with Gasteiger partial charge in [0.1, 0.15) is 11.5 Å². The van der Waals surface area contributed by atoms with Crippen molar-refractivity contribution < 1.29 is 19.1 Å². The number of nitrogens with one attached hydrogen (secondary N) is 4. The van der Waals surface area contributed by atoms with Crippen LogP contribution in [-0.4, -0.2) is 67.0 Å². The second-order valence-electron chi connectivity index (χ2n) is 11.0. The van der Waals surface area contributed by atoms with Gasteiger partial charge in [0.25, 0.3) is 11.8 Å². The second-order valence-corrected chi connectivity index (χ2v) is 11.0. The van der Waals surface area contributed by atoms with Gasteiger partial charge in [-0.3, -0.25) is 9.59 Å². The largest absolute Gasteiger partial charge is 0.436 e. The molecule has 0 unspecified atom stereocenters. The van der Waals surface area contributed by atoms with E-state index in [1.54, 1.807) is 46.0 Å². The van der Waals surface area contributed by atoms with Crippen LogP contribution in [-0.2, 0) is 9.59 Å². The summed E-state index contributed by atoms with van der Waals surface area (Å²) in [7, 11) is 0. The van der Waals surface area contributed by atoms with Crippen molar-refractivity contribution in [2.75, 3.05) is 23.7 Å². The molecule has 4 heterocycles. The maximum absolute atomic E-state index is 12.3. The van der Waals surface area contributed by atoms with Crippen molar-refractivity contribution >= 4 is 23.2 Å². The average molecular weight is 621 g/mol. The molecule has 2 amide bonds. The average Bonchev–Trinajstić information content (AvgIpc) is 3.91. The molecule has 234 valence electrons. The van der Waals surface area contributed by atoms with E-state index in [1.807, 2.05) is 48.5 Å². The van der Waals surface area contributed by atoms with E-state index in [2.05, 4.69) is 41.9 Å². The molecule has 2 saturated heterocycles. The van der Waals surface area contributed by atoms with Gasteiger partial charge in [0.15, 0.2) is 0 Å². The minimum atomic E-state index is -0.137. The Labute approximate surface area is 264 Å². The highest BCUT2D eigenvalue weighted by Gasteiger charge is 2.23. The Hall–Kier alpha value is -5.60. The number of anilines is 2. The lowest BCUT2D eigenvalue weighted by Gasteiger charge is -2.11. The van der Waals surface area contributed by atoms with Crippen molar-refractivity contribution in [3.05, 3.63) is 85.2 Å². The molecule has 0 bridgehead atoms. The molecule has 0 aliphatic carbocycles. The van der Waals surface area contributed by atoms with Gasteiger partial charge in [-0.25, -0.2) is 9.36 Å². The highest BCUT2D eigenvalue weighted by Crippen LogP contribution is 2.26. The molecule has 2 aliphatic rings. The Morgan fingerprint density at radius 1 is 0.630 bits per heavy atom. The first-order chi connectivity index (χ1) is 22.6. The lowest BCUT2D eigenvalue weighted by atomic mass is 10.2. The predicted octanol–water partition coefficient (Wildman–Crippen LogP) is 3.81. The molecule has 2 aromatic heterocycles. The Morgan fingerprint density at radius 2 is 1.04 bits per heavy atom. The van der Waals surface area contributed by atoms with Gasteiger partial charge in [0.2, 0.25) is 11.8 Å². The maximum atomic E-state index is 12.3. The number of nitrogens with zero attached hydrogens (tertiary/aromatic N) is 6. The number of ether oxygens (including phenoxy) is 2. The Kier molecular flexibility index (Phi) is 8.34. The van der Waals surface area contributed by atoms with Crippen molar-refractivity contribution in [2.24, 2.45) is 0 Å². The number of amides is 2. The number of benzene rings is 3. The summed E-state index contributed by atoms with van der Waals surface area (Å²) in [6.07, 6.45) is 7.06. The number of carbonyl (C=O) groups excluding carboxylic acids is 2. The summed E-state index contributed by atoms with van der Waals surface area (Å²) in [5.74, 6) is 1.71. The van der Waals surface area contributed by atoms with E-state index in [4.69, 9.17) is 9.47 Å². The molecule has 14 nitrogen and oxygen atoms in total. The van der Waals surface area contributed by atoms with Gasteiger partial charge in [-0.2, -0.15) is 0 Å². The zero-order chi connectivity index (χ0) is 31.3. The predicted molar refractivity (Wildman–Crippen MR) is 169 cm³/mol. The van der Waals surface area contributed by atoms with Crippen molar-refractivity contribution in [3.63, 3.8) is 0 Å². The molecular weight excluding hydrogens is 588 g/mol. The van der Waals surface area contributed by atoms with Crippen LogP contribution in [0.3, 0.4) is 0 Å². The van der Waals surface area contributed by atoms with E-state index in [-0.39, 0.29) is 23.9 Å². The molecule has 0 spiro atoms. The van der Waals surface area contributed by atoms with Crippen molar-refractivity contribution in [2.45, 2.75) is 37.8 Å². The van der Waals surface area contributed by atoms with Gasteiger partial charge >= 0.3 is 0 Å². The van der Waals surface area contributed by atoms with Crippen LogP contribution in [0.5, 0.6) is 23.3 Å². The summed E-state index contributed by atoms with van der Waals surface area (Å²) in [4.78, 5) is 24.7. The Balaban J connectivity index is 0.910. The highest BCUT2D eigenvalue weighted by atomic mass is 16.5. The topological polar surface area (TPSA) is 162 Å². The third kappa shape index (κ3) is 6.87. The van der Waals surface area contributed by atoms with Crippen LogP contribution in [0.4, 0.5) is 11.4 Å². The van der Waals surface area contributed by atoms with Gasteiger partial charge in [0.05, 0.1) is 35.9 Å². The van der Waals surface area contributed by atoms with E-state index in [0.717, 1.165) is 61.5 Å². The number of aromatic nitrogens is 6. The van der Waals surface area contributed by atoms with Crippen molar-refractivity contribution in [3.8, 4) is 34.6 Å². The SMILES string of the molecule is O=C(Nc1ccc(-n2cc(Oc3ccc(Oc4cn(-c5ccc(NC(=O)[C@@H]6CCCN6)cc5)nn4)cc3)nn2)cc1)[C@@H]1CCCN1. The molecule has 0 radical (unpaired) electrons. The number of hydrogen-bond donors (Lipinski definition) is 4. The zero-order valence-corrected chi connectivity index (χ0v) is 24.8. The summed E-state index contributed by atoms with van der Waals surface area (Å²) < 4.78 is 14.9. The monoisotopic (exact) mass is 620 g/mol. The molecule has 4 N–H and O–H groups in total. The molecule has 14 heteroatoms. The second kappa shape index (κ2) is 13.2. The van der Waals surface area contributed by atoms with E-state index in [9.17, 15) is 9.59 Å². The molecule has 7 rings (SSSR count). The van der Waals surface area contributed by atoms with E-state index in [0.29, 0.717) is 23.3 Å². The standard InChI is InChI=1S/C32H32N10O4/c43-31(27-3-1-17-33-27)35-21-5-9-23(10-6-21)41-19-29(37-39-41)45-25-13-15-26(16-14-25)46-30-20-42(40-38-30)24-11-7-22(8-12-24)36-32(44)28-4-2-18-34-28/h5-16,19-20,27-28,33-34H,1-4,17-18H2,(H,35,43)(H,36,44)/t27-,28-/m0/s1. The third-order valence-electron chi connectivity index (χ3n) is 7.77. The normalized spacial score (nSPS) is 17.5. The van der Waals surface area contributed by atoms with Gasteiger partial charge in [0, 0.05) is 11.4 Å². The first-order valence-corrected chi connectivity index (χ1v) is 15.2. The first-order valence-electron chi connectivity index (χ1n) is 15.2. The van der Waals surface area contributed by atoms with Crippen molar-refractivity contribution in [1.82, 2.24) is 40.6 Å². The van der Waals surface area contributed by atoms with Crippen LogP contribution in [0, 0.1) is 0 Å². The van der Waals surface area contributed by atoms with Gasteiger partial charge in [-0.15, -0.1) is 0 Å². The number of carbonyl (C=O) groups is 2. The summed E-state index contributed by atoms with van der Waals surface area (Å²) in [5, 5.41) is 28.8. The fourth-order valence-corrected chi connectivity index (χ4v) is 5.33. The third-order valence-corrected chi connectivity index (χ3v) is 7.77. The Morgan fingerprint density at radius 3 is 1.41 bits per heavy atom. The minimum absolute atomic E-state index is 0.0218. The van der Waals surface area contributed by atoms with E-state index < -0.39 is 0 Å². The van der Waals surface area contributed by atoms with Gasteiger partial charge < -0.3 is 30.7 Å². The summed E-state index contributed by atoms with van der Waals surface area (Å²) >= 11 is 0. The molecule has 0 saturated carbocycles. The zero-order valence-electron chi connectivity index (χ0n) is 24.8. The maximum Gasteiger partial charge on any atom is 0.259 e. The van der Waals surface area contributed by atoms with E-state index >= 15 is 0 Å². The molecule has 2 fully saturated rings. The number of hydrogen-bond acceptors (Lipinski definition) is 10. The molecule has 46 heavy (non-hydrogen) atoms. The fourth-order valence-electron chi connectivity index (χ4n) is 5.33. The van der Waals surface area contributed by atoms with E-state index in [1.165, 1.54) is 0 Å². The quantitative estimate of drug-likeness (QED) is 0.181. The lowest BCUT2D eigenvalue weighted by molar-refractivity contribution is -0.118. The Bertz CT molecular complexity index is 1660. The summed E-state index contributed by atoms with van der Waals surface area (Å²) in [6, 6.07) is 21.5. The van der Waals surface area contributed by atoms with Gasteiger partial charge in [-0.1, -0.05) is 20.6 Å². The van der Waals surface area contributed by atoms with Crippen LogP contribution < -0.4 is 30.7 Å². The molecule has 2 atom stereocenters. The number of rotatable bonds is 10. The smallest absolute Gasteiger partial charge is 0.259 e. The summed E-state index contributed by atoms with van der Waals surface area (Å²) in [5.41, 5.74) is 2.99. The summed E-state index contributed by atoms with van der Waals surface area (Å²) in [6.45, 7) is 1.74. The van der Waals surface area contributed by atoms with Crippen LogP contribution in [0.25, 0.3) is 11.4 Å². The molecule has 5 aromatic rings. The van der Waals surface area contributed by atoms with Crippen LogP contribution in [0.15, 0.2) is 85.2 Å². The van der Waals surface area contributed by atoms with Crippen LogP contribution >= 0.6 is 0 Å². The molecule has 3 aromatic carbocycles. The van der Waals surface area contributed by atoms with Gasteiger partial charge in [-0.05, 0) is 112 Å². The molecular formula is C32H32N10O4. The molecule has 2 aliphatic heterocycles. The first kappa shape index (κ1) is 29.1. The minimum Gasteiger partial charge on any atom is -0.436 e.